The van der Waals surface area contributed by atoms with Gasteiger partial charge in [0, 0.05) is 32.2 Å². The van der Waals surface area contributed by atoms with Crippen LogP contribution >= 0.6 is 0 Å². The number of hydrogen-bond acceptors (Lipinski definition) is 3. The van der Waals surface area contributed by atoms with E-state index in [9.17, 15) is 4.79 Å². The number of hydrogen-bond donors (Lipinski definition) is 1. The lowest BCUT2D eigenvalue weighted by molar-refractivity contribution is 0.164. The van der Waals surface area contributed by atoms with E-state index < -0.39 is 0 Å². The summed E-state index contributed by atoms with van der Waals surface area (Å²) in [6.45, 7) is 3.38. The molecule has 1 fully saturated rings. The number of nitrogens with one attached hydrogen (secondary N) is 1. The molecule has 82 valence electrons. The Morgan fingerprint density at radius 2 is 2.13 bits per heavy atom. The number of anilines is 1. The van der Waals surface area contributed by atoms with Crippen LogP contribution in [0.3, 0.4) is 0 Å². The summed E-state index contributed by atoms with van der Waals surface area (Å²) in [6.07, 6.45) is 1.54. The molecule has 0 radical (unpaired) electrons. The molecule has 0 unspecified atom stereocenters. The van der Waals surface area contributed by atoms with Gasteiger partial charge in [-0.25, -0.2) is 4.79 Å². The van der Waals surface area contributed by atoms with Crippen LogP contribution in [0.5, 0.6) is 0 Å². The fraction of sp³-hybridized carbons (Fsp3) is 0.500. The molecular weight excluding hydrogens is 194 g/mol. The average molecular weight is 209 g/mol. The number of furan rings is 1. The van der Waals surface area contributed by atoms with Crippen molar-refractivity contribution in [2.75, 3.05) is 38.5 Å². The first-order valence-corrected chi connectivity index (χ1v) is 5.04. The zero-order valence-corrected chi connectivity index (χ0v) is 8.77. The van der Waals surface area contributed by atoms with Crippen molar-refractivity contribution >= 4 is 11.9 Å². The minimum Gasteiger partial charge on any atom is -0.449 e. The number of nitrogens with zero attached hydrogens (tertiary/aromatic N) is 2. The molecule has 0 aliphatic carbocycles. The Morgan fingerprint density at radius 3 is 2.73 bits per heavy atom. The molecule has 2 rings (SSSR count). The van der Waals surface area contributed by atoms with Gasteiger partial charge < -0.3 is 14.2 Å². The molecule has 0 bridgehead atoms. The van der Waals surface area contributed by atoms with Gasteiger partial charge in [-0.15, -0.1) is 0 Å². The summed E-state index contributed by atoms with van der Waals surface area (Å²) in [4.78, 5) is 15.7. The van der Waals surface area contributed by atoms with E-state index in [0.717, 1.165) is 26.2 Å². The maximum atomic E-state index is 11.7. The Morgan fingerprint density at radius 1 is 1.40 bits per heavy atom. The van der Waals surface area contributed by atoms with Crippen LogP contribution in [0, 0.1) is 0 Å². The highest BCUT2D eigenvalue weighted by Gasteiger charge is 2.19. The first kappa shape index (κ1) is 10.0. The van der Waals surface area contributed by atoms with Crippen molar-refractivity contribution in [2.45, 2.75) is 0 Å². The predicted octanol–water partition coefficient (Wildman–Crippen LogP) is 1.06. The highest BCUT2D eigenvalue weighted by atomic mass is 16.3. The van der Waals surface area contributed by atoms with E-state index in [1.54, 1.807) is 23.3 Å². The van der Waals surface area contributed by atoms with E-state index >= 15 is 0 Å². The molecule has 1 aromatic heterocycles. The van der Waals surface area contributed by atoms with Crippen molar-refractivity contribution < 1.29 is 9.21 Å². The van der Waals surface area contributed by atoms with Crippen molar-refractivity contribution in [3.63, 3.8) is 0 Å². The smallest absolute Gasteiger partial charge is 0.324 e. The topological polar surface area (TPSA) is 48.7 Å². The maximum absolute atomic E-state index is 11.7. The molecular formula is C10H15N3O2. The normalized spacial score (nSPS) is 17.8. The molecule has 2 heterocycles. The summed E-state index contributed by atoms with van der Waals surface area (Å²) < 4.78 is 5.05. The monoisotopic (exact) mass is 209 g/mol. The largest absolute Gasteiger partial charge is 0.449 e. The maximum Gasteiger partial charge on any atom is 0.324 e. The molecule has 0 spiro atoms. The second-order valence-corrected chi connectivity index (χ2v) is 3.70. The highest BCUT2D eigenvalue weighted by Crippen LogP contribution is 2.08. The molecule has 0 aromatic carbocycles. The minimum atomic E-state index is -0.0851. The molecule has 2 amide bonds. The minimum absolute atomic E-state index is 0.0851. The van der Waals surface area contributed by atoms with E-state index in [-0.39, 0.29) is 6.03 Å². The van der Waals surface area contributed by atoms with E-state index in [2.05, 4.69) is 17.3 Å². The molecule has 5 nitrogen and oxygen atoms in total. The van der Waals surface area contributed by atoms with Crippen LogP contribution in [0.1, 0.15) is 0 Å². The van der Waals surface area contributed by atoms with Crippen molar-refractivity contribution in [1.82, 2.24) is 9.80 Å². The van der Waals surface area contributed by atoms with E-state index in [4.69, 9.17) is 4.42 Å². The number of carbonyl (C=O) groups is 1. The summed E-state index contributed by atoms with van der Waals surface area (Å²) >= 11 is 0. The Bertz CT molecular complexity index is 315. The Kier molecular flexibility index (Phi) is 2.91. The van der Waals surface area contributed by atoms with Gasteiger partial charge in [-0.1, -0.05) is 0 Å². The predicted molar refractivity (Wildman–Crippen MR) is 56.8 cm³/mol. The number of rotatable bonds is 1. The third-order valence-electron chi connectivity index (χ3n) is 2.54. The van der Waals surface area contributed by atoms with Crippen molar-refractivity contribution in [1.29, 1.82) is 0 Å². The second-order valence-electron chi connectivity index (χ2n) is 3.70. The summed E-state index contributed by atoms with van der Waals surface area (Å²) in [6, 6.07) is 3.39. The summed E-state index contributed by atoms with van der Waals surface area (Å²) in [5, 5.41) is 2.71. The molecule has 1 aliphatic rings. The number of urea groups is 1. The van der Waals surface area contributed by atoms with Gasteiger partial charge >= 0.3 is 6.03 Å². The molecule has 1 N–H and O–H groups in total. The summed E-state index contributed by atoms with van der Waals surface area (Å²) in [5.41, 5.74) is 0. The number of piperazine rings is 1. The van der Waals surface area contributed by atoms with Crippen LogP contribution in [0.2, 0.25) is 0 Å². The quantitative estimate of drug-likeness (QED) is 0.752. The molecule has 1 aliphatic heterocycles. The number of likely N-dealkylation sites (N-methyl/N-ethyl adjacent to an activating group) is 1. The Labute approximate surface area is 88.6 Å². The Hall–Kier alpha value is -1.49. The summed E-state index contributed by atoms with van der Waals surface area (Å²) in [7, 11) is 2.06. The molecule has 5 heteroatoms. The Balaban J connectivity index is 1.86. The first-order chi connectivity index (χ1) is 7.25. The zero-order chi connectivity index (χ0) is 10.7. The van der Waals surface area contributed by atoms with Gasteiger partial charge in [0.1, 0.15) is 0 Å². The van der Waals surface area contributed by atoms with E-state index in [0.29, 0.717) is 5.88 Å². The van der Waals surface area contributed by atoms with Crippen LogP contribution in [0.25, 0.3) is 0 Å². The standard InChI is InChI=1S/C10H15N3O2/c1-12-4-6-13(7-5-12)10(14)11-9-3-2-8-15-9/h2-3,8H,4-7H2,1H3,(H,11,14). The second kappa shape index (κ2) is 4.35. The van der Waals surface area contributed by atoms with E-state index in [1.165, 1.54) is 0 Å². The van der Waals surface area contributed by atoms with Gasteiger partial charge in [-0.2, -0.15) is 0 Å². The van der Waals surface area contributed by atoms with Crippen LogP contribution < -0.4 is 5.32 Å². The van der Waals surface area contributed by atoms with Gasteiger partial charge in [-0.05, 0) is 13.1 Å². The molecule has 15 heavy (non-hydrogen) atoms. The highest BCUT2D eigenvalue weighted by molar-refractivity contribution is 5.87. The fourth-order valence-corrected chi connectivity index (χ4v) is 1.54. The van der Waals surface area contributed by atoms with Gasteiger partial charge in [-0.3, -0.25) is 5.32 Å². The van der Waals surface area contributed by atoms with Crippen molar-refractivity contribution in [3.05, 3.63) is 18.4 Å². The van der Waals surface area contributed by atoms with Gasteiger partial charge in [0.15, 0.2) is 0 Å². The lowest BCUT2D eigenvalue weighted by Crippen LogP contribution is -2.48. The third-order valence-corrected chi connectivity index (χ3v) is 2.54. The lowest BCUT2D eigenvalue weighted by Gasteiger charge is -2.32. The van der Waals surface area contributed by atoms with Crippen LogP contribution in [-0.4, -0.2) is 49.1 Å². The van der Waals surface area contributed by atoms with Crippen LogP contribution in [0.4, 0.5) is 10.7 Å². The average Bonchev–Trinajstić information content (AvgIpc) is 2.71. The number of carbonyl (C=O) groups excluding carboxylic acids is 1. The molecule has 1 aromatic rings. The van der Waals surface area contributed by atoms with Gasteiger partial charge in [0.2, 0.25) is 5.88 Å². The van der Waals surface area contributed by atoms with Crippen molar-refractivity contribution in [2.24, 2.45) is 0 Å². The van der Waals surface area contributed by atoms with Gasteiger partial charge in [0.05, 0.1) is 6.26 Å². The van der Waals surface area contributed by atoms with Crippen LogP contribution in [0.15, 0.2) is 22.8 Å². The van der Waals surface area contributed by atoms with E-state index in [1.807, 2.05) is 0 Å². The SMILES string of the molecule is CN1CCN(C(=O)Nc2ccco2)CC1. The molecule has 0 atom stereocenters. The lowest BCUT2D eigenvalue weighted by atomic mass is 10.3. The van der Waals surface area contributed by atoms with Crippen LogP contribution in [-0.2, 0) is 0 Å². The fourth-order valence-electron chi connectivity index (χ4n) is 1.54. The van der Waals surface area contributed by atoms with Crippen molar-refractivity contribution in [3.8, 4) is 0 Å². The molecule has 1 saturated heterocycles. The van der Waals surface area contributed by atoms with Gasteiger partial charge in [0.25, 0.3) is 0 Å². The summed E-state index contributed by atoms with van der Waals surface area (Å²) in [5.74, 6) is 0.499. The zero-order valence-electron chi connectivity index (χ0n) is 8.77. The first-order valence-electron chi connectivity index (χ1n) is 5.04. The molecule has 0 saturated carbocycles. The number of amides is 2. The third kappa shape index (κ3) is 2.50.